The van der Waals surface area contributed by atoms with Gasteiger partial charge in [-0.1, -0.05) is 25.5 Å². The molecule has 0 radical (unpaired) electrons. The second-order valence-corrected chi connectivity index (χ2v) is 5.67. The first kappa shape index (κ1) is 18.4. The molecule has 1 heterocycles. The van der Waals surface area contributed by atoms with Gasteiger partial charge in [-0.25, -0.2) is 4.79 Å². The number of unbranched alkanes of at least 4 members (excludes halogenated alkanes) is 1. The molecule has 6 heteroatoms. The predicted octanol–water partition coefficient (Wildman–Crippen LogP) is 3.36. The molecule has 0 fully saturated rings. The van der Waals surface area contributed by atoms with Crippen molar-refractivity contribution in [1.82, 2.24) is 4.98 Å². The fraction of sp³-hybridized carbons (Fsp3) is 0.316. The molecule has 0 bridgehead atoms. The second kappa shape index (κ2) is 8.82. The van der Waals surface area contributed by atoms with Crippen molar-refractivity contribution in [3.05, 3.63) is 53.9 Å². The Labute approximate surface area is 147 Å². The number of carbonyl (C=O) groups excluding carboxylic acids is 2. The van der Waals surface area contributed by atoms with Gasteiger partial charge in [0.25, 0.3) is 5.91 Å². The summed E-state index contributed by atoms with van der Waals surface area (Å²) in [5, 5.41) is 2.73. The molecule has 1 aromatic carbocycles. The molecule has 1 N–H and O–H groups in total. The lowest BCUT2D eigenvalue weighted by molar-refractivity contribution is 0.0602. The van der Waals surface area contributed by atoms with E-state index in [1.54, 1.807) is 36.5 Å². The average Bonchev–Trinajstić information content (AvgIpc) is 2.66. The lowest BCUT2D eigenvalue weighted by Crippen LogP contribution is -2.20. The summed E-state index contributed by atoms with van der Waals surface area (Å²) in [6.07, 6.45) is 3.79. The van der Waals surface area contributed by atoms with Gasteiger partial charge in [-0.05, 0) is 30.7 Å². The lowest BCUT2D eigenvalue weighted by atomic mass is 10.1. The van der Waals surface area contributed by atoms with E-state index in [0.29, 0.717) is 16.9 Å². The molecule has 0 saturated heterocycles. The Hall–Kier alpha value is -2.89. The third kappa shape index (κ3) is 4.79. The van der Waals surface area contributed by atoms with Gasteiger partial charge in [0.15, 0.2) is 0 Å². The van der Waals surface area contributed by atoms with Crippen LogP contribution in [-0.4, -0.2) is 37.6 Å². The first-order chi connectivity index (χ1) is 12.1. The Kier molecular flexibility index (Phi) is 6.51. The number of ether oxygens (including phenoxy) is 1. The first-order valence-corrected chi connectivity index (χ1v) is 8.22. The molecule has 0 saturated carbocycles. The van der Waals surface area contributed by atoms with Gasteiger partial charge in [0.05, 0.1) is 18.4 Å². The quantitative estimate of drug-likeness (QED) is 0.782. The number of nitrogens with zero attached hydrogens (tertiary/aromatic N) is 2. The molecule has 2 aromatic rings. The summed E-state index contributed by atoms with van der Waals surface area (Å²) in [6, 6.07) is 10.3. The Balaban J connectivity index is 2.18. The van der Waals surface area contributed by atoms with Gasteiger partial charge in [-0.2, -0.15) is 0 Å². The van der Waals surface area contributed by atoms with Crippen molar-refractivity contribution in [2.24, 2.45) is 0 Å². The summed E-state index contributed by atoms with van der Waals surface area (Å²) >= 11 is 0. The number of carbonyl (C=O) groups is 2. The van der Waals surface area contributed by atoms with Crippen LogP contribution < -0.4 is 10.2 Å². The number of amides is 1. The van der Waals surface area contributed by atoms with Gasteiger partial charge in [0.1, 0.15) is 5.69 Å². The molecular weight excluding hydrogens is 318 g/mol. The normalized spacial score (nSPS) is 10.2. The highest BCUT2D eigenvalue weighted by Gasteiger charge is 2.15. The molecule has 0 spiro atoms. The number of hydrogen-bond acceptors (Lipinski definition) is 5. The van der Waals surface area contributed by atoms with Crippen LogP contribution in [0, 0.1) is 0 Å². The number of hydrogen-bond donors (Lipinski definition) is 1. The number of pyridine rings is 1. The fourth-order valence-electron chi connectivity index (χ4n) is 2.37. The smallest absolute Gasteiger partial charge is 0.339 e. The zero-order valence-corrected chi connectivity index (χ0v) is 14.8. The molecule has 0 aliphatic carbocycles. The first-order valence-electron chi connectivity index (χ1n) is 8.22. The average molecular weight is 341 g/mol. The topological polar surface area (TPSA) is 71.5 Å². The van der Waals surface area contributed by atoms with Crippen molar-refractivity contribution >= 4 is 23.3 Å². The van der Waals surface area contributed by atoms with Crippen molar-refractivity contribution in [2.75, 3.05) is 30.9 Å². The van der Waals surface area contributed by atoms with Crippen LogP contribution in [0.4, 0.5) is 11.4 Å². The van der Waals surface area contributed by atoms with Crippen LogP contribution in [0.5, 0.6) is 0 Å². The maximum Gasteiger partial charge on any atom is 0.339 e. The Morgan fingerprint density at radius 3 is 2.72 bits per heavy atom. The van der Waals surface area contributed by atoms with Crippen LogP contribution in [0.25, 0.3) is 0 Å². The number of esters is 1. The van der Waals surface area contributed by atoms with E-state index in [0.717, 1.165) is 25.1 Å². The predicted molar refractivity (Wildman–Crippen MR) is 98.1 cm³/mol. The van der Waals surface area contributed by atoms with E-state index in [1.165, 1.54) is 7.11 Å². The highest BCUT2D eigenvalue weighted by atomic mass is 16.5. The highest BCUT2D eigenvalue weighted by Crippen LogP contribution is 2.18. The van der Waals surface area contributed by atoms with E-state index < -0.39 is 5.97 Å². The lowest BCUT2D eigenvalue weighted by Gasteiger charge is -2.19. The number of para-hydroxylation sites is 1. The molecular formula is C19H23N3O3. The van der Waals surface area contributed by atoms with E-state index in [-0.39, 0.29) is 5.91 Å². The van der Waals surface area contributed by atoms with Gasteiger partial charge in [-0.3, -0.25) is 9.78 Å². The molecule has 0 aliphatic rings. The van der Waals surface area contributed by atoms with Crippen LogP contribution in [0.15, 0.2) is 42.6 Å². The largest absolute Gasteiger partial charge is 0.465 e. The van der Waals surface area contributed by atoms with Gasteiger partial charge in [0.2, 0.25) is 0 Å². The summed E-state index contributed by atoms with van der Waals surface area (Å²) in [5.74, 6) is -0.876. The minimum absolute atomic E-state index is 0.292. The van der Waals surface area contributed by atoms with Gasteiger partial charge >= 0.3 is 5.97 Å². The van der Waals surface area contributed by atoms with E-state index >= 15 is 0 Å². The summed E-state index contributed by atoms with van der Waals surface area (Å²) in [7, 11) is 3.29. The van der Waals surface area contributed by atoms with Crippen LogP contribution in [-0.2, 0) is 4.74 Å². The van der Waals surface area contributed by atoms with E-state index in [2.05, 4.69) is 22.1 Å². The van der Waals surface area contributed by atoms with Crippen molar-refractivity contribution in [1.29, 1.82) is 0 Å². The zero-order valence-electron chi connectivity index (χ0n) is 14.8. The molecule has 0 unspecified atom stereocenters. The number of aromatic nitrogens is 1. The summed E-state index contributed by atoms with van der Waals surface area (Å²) < 4.78 is 4.74. The second-order valence-electron chi connectivity index (χ2n) is 5.67. The number of anilines is 2. The third-order valence-corrected chi connectivity index (χ3v) is 3.84. The van der Waals surface area contributed by atoms with Crippen LogP contribution in [0.2, 0.25) is 0 Å². The maximum absolute atomic E-state index is 12.5. The van der Waals surface area contributed by atoms with Crippen molar-refractivity contribution in [3.63, 3.8) is 0 Å². The Morgan fingerprint density at radius 1 is 1.24 bits per heavy atom. The summed E-state index contributed by atoms with van der Waals surface area (Å²) in [6.45, 7) is 3.05. The number of benzene rings is 1. The SMILES string of the molecule is CCCCN(C)c1ccnc(C(=O)Nc2ccccc2C(=O)OC)c1. The minimum Gasteiger partial charge on any atom is -0.465 e. The number of rotatable bonds is 7. The Morgan fingerprint density at radius 2 is 2.00 bits per heavy atom. The molecule has 132 valence electrons. The highest BCUT2D eigenvalue weighted by molar-refractivity contribution is 6.07. The summed E-state index contributed by atoms with van der Waals surface area (Å²) in [5.41, 5.74) is 1.91. The molecule has 0 aliphatic heterocycles. The summed E-state index contributed by atoms with van der Waals surface area (Å²) in [4.78, 5) is 30.5. The van der Waals surface area contributed by atoms with Crippen LogP contribution in [0.3, 0.4) is 0 Å². The van der Waals surface area contributed by atoms with E-state index in [4.69, 9.17) is 4.74 Å². The van der Waals surface area contributed by atoms with E-state index in [1.807, 2.05) is 13.1 Å². The maximum atomic E-state index is 12.5. The van der Waals surface area contributed by atoms with E-state index in [9.17, 15) is 9.59 Å². The standard InChI is InChI=1S/C19H23N3O3/c1-4-5-12-22(2)14-10-11-20-17(13-14)18(23)21-16-9-7-6-8-15(16)19(24)25-3/h6-11,13H,4-5,12H2,1-3H3,(H,21,23). The number of methoxy groups -OCH3 is 1. The molecule has 1 amide bonds. The van der Waals surface area contributed by atoms with Crippen molar-refractivity contribution < 1.29 is 14.3 Å². The monoisotopic (exact) mass is 341 g/mol. The molecule has 0 atom stereocenters. The zero-order chi connectivity index (χ0) is 18.2. The van der Waals surface area contributed by atoms with Gasteiger partial charge in [-0.15, -0.1) is 0 Å². The van der Waals surface area contributed by atoms with Crippen LogP contribution >= 0.6 is 0 Å². The third-order valence-electron chi connectivity index (χ3n) is 3.84. The number of nitrogens with one attached hydrogen (secondary N) is 1. The molecule has 25 heavy (non-hydrogen) atoms. The molecule has 6 nitrogen and oxygen atoms in total. The van der Waals surface area contributed by atoms with Gasteiger partial charge < -0.3 is 15.0 Å². The van der Waals surface area contributed by atoms with Crippen LogP contribution in [0.1, 0.15) is 40.6 Å². The molecule has 1 aromatic heterocycles. The van der Waals surface area contributed by atoms with Crippen molar-refractivity contribution in [2.45, 2.75) is 19.8 Å². The minimum atomic E-state index is -0.503. The Bertz CT molecular complexity index is 746. The fourth-order valence-corrected chi connectivity index (χ4v) is 2.37. The molecule has 2 rings (SSSR count). The van der Waals surface area contributed by atoms with Gasteiger partial charge in [0, 0.05) is 25.5 Å². The van der Waals surface area contributed by atoms with Crippen molar-refractivity contribution in [3.8, 4) is 0 Å².